The van der Waals surface area contributed by atoms with Gasteiger partial charge in [0.25, 0.3) is 0 Å². The Morgan fingerprint density at radius 3 is 2.69 bits per heavy atom. The third kappa shape index (κ3) is 2.78. The smallest absolute Gasteiger partial charge is 0.0676 e. The predicted molar refractivity (Wildman–Crippen MR) is 65.3 cm³/mol. The first-order valence-electron chi connectivity index (χ1n) is 6.87. The molecule has 0 aromatic rings. The van der Waals surface area contributed by atoms with Crippen molar-refractivity contribution in [1.29, 1.82) is 0 Å². The van der Waals surface area contributed by atoms with E-state index in [9.17, 15) is 5.11 Å². The van der Waals surface area contributed by atoms with Gasteiger partial charge in [0.05, 0.1) is 5.60 Å². The van der Waals surface area contributed by atoms with Crippen LogP contribution in [-0.2, 0) is 4.74 Å². The molecule has 2 nitrogen and oxygen atoms in total. The molecule has 2 heteroatoms. The van der Waals surface area contributed by atoms with E-state index in [1.807, 2.05) is 0 Å². The highest BCUT2D eigenvalue weighted by atomic mass is 16.5. The molecular formula is C14H26O2. The van der Waals surface area contributed by atoms with Gasteiger partial charge in [0, 0.05) is 13.7 Å². The van der Waals surface area contributed by atoms with Crippen LogP contribution in [0, 0.1) is 17.8 Å². The summed E-state index contributed by atoms with van der Waals surface area (Å²) in [5.41, 5.74) is -0.399. The highest BCUT2D eigenvalue weighted by molar-refractivity contribution is 4.94. The van der Waals surface area contributed by atoms with Crippen LogP contribution in [0.25, 0.3) is 0 Å². The van der Waals surface area contributed by atoms with Crippen LogP contribution in [0.15, 0.2) is 0 Å². The Morgan fingerprint density at radius 1 is 1.31 bits per heavy atom. The molecule has 2 saturated carbocycles. The quantitative estimate of drug-likeness (QED) is 0.781. The lowest BCUT2D eigenvalue weighted by molar-refractivity contribution is -0.0696. The number of hydrogen-bond acceptors (Lipinski definition) is 2. The van der Waals surface area contributed by atoms with Crippen LogP contribution in [-0.4, -0.2) is 24.4 Å². The van der Waals surface area contributed by atoms with Crippen molar-refractivity contribution in [2.24, 2.45) is 17.8 Å². The summed E-state index contributed by atoms with van der Waals surface area (Å²) < 4.78 is 5.12. The van der Waals surface area contributed by atoms with E-state index in [2.05, 4.69) is 6.92 Å². The molecule has 0 bridgehead atoms. The molecule has 2 aliphatic carbocycles. The van der Waals surface area contributed by atoms with Crippen molar-refractivity contribution in [3.05, 3.63) is 0 Å². The van der Waals surface area contributed by atoms with E-state index in [0.29, 0.717) is 5.92 Å². The second-order valence-electron chi connectivity index (χ2n) is 5.98. The Bertz CT molecular complexity index is 225. The predicted octanol–water partition coefficient (Wildman–Crippen LogP) is 2.99. The van der Waals surface area contributed by atoms with Gasteiger partial charge < -0.3 is 9.84 Å². The van der Waals surface area contributed by atoms with Crippen molar-refractivity contribution in [3.8, 4) is 0 Å². The van der Waals surface area contributed by atoms with Crippen LogP contribution in [0.2, 0.25) is 0 Å². The number of methoxy groups -OCH3 is 1. The van der Waals surface area contributed by atoms with Crippen LogP contribution >= 0.6 is 0 Å². The second-order valence-corrected chi connectivity index (χ2v) is 5.98. The molecule has 2 rings (SSSR count). The molecule has 0 aromatic heterocycles. The van der Waals surface area contributed by atoms with Crippen molar-refractivity contribution in [1.82, 2.24) is 0 Å². The molecule has 0 spiro atoms. The third-order valence-corrected chi connectivity index (χ3v) is 4.76. The Kier molecular flexibility index (Phi) is 3.91. The molecule has 0 heterocycles. The molecule has 0 aromatic carbocycles. The zero-order valence-electron chi connectivity index (χ0n) is 10.7. The fraction of sp³-hybridized carbons (Fsp3) is 1.00. The zero-order valence-corrected chi connectivity index (χ0v) is 10.7. The second kappa shape index (κ2) is 5.05. The molecule has 94 valence electrons. The maximum absolute atomic E-state index is 10.8. The van der Waals surface area contributed by atoms with Gasteiger partial charge in [-0.3, -0.25) is 0 Å². The van der Waals surface area contributed by atoms with Crippen molar-refractivity contribution in [2.75, 3.05) is 13.7 Å². The largest absolute Gasteiger partial charge is 0.390 e. The Labute approximate surface area is 99.4 Å². The number of ether oxygens (including phenoxy) is 1. The monoisotopic (exact) mass is 226 g/mol. The Morgan fingerprint density at radius 2 is 2.06 bits per heavy atom. The van der Waals surface area contributed by atoms with E-state index in [-0.39, 0.29) is 0 Å². The number of aliphatic hydroxyl groups is 1. The Balaban J connectivity index is 1.88. The first kappa shape index (κ1) is 12.4. The lowest BCUT2D eigenvalue weighted by Crippen LogP contribution is -2.42. The van der Waals surface area contributed by atoms with Crippen molar-refractivity contribution < 1.29 is 9.84 Å². The summed E-state index contributed by atoms with van der Waals surface area (Å²) in [5, 5.41) is 10.8. The van der Waals surface area contributed by atoms with Crippen molar-refractivity contribution in [3.63, 3.8) is 0 Å². The summed E-state index contributed by atoms with van der Waals surface area (Å²) in [6, 6.07) is 0. The first-order valence-corrected chi connectivity index (χ1v) is 6.87. The minimum Gasteiger partial charge on any atom is -0.390 e. The summed E-state index contributed by atoms with van der Waals surface area (Å²) in [5.74, 6) is 2.14. The van der Waals surface area contributed by atoms with Crippen LogP contribution < -0.4 is 0 Å². The summed E-state index contributed by atoms with van der Waals surface area (Å²) >= 11 is 0. The summed E-state index contributed by atoms with van der Waals surface area (Å²) in [6.45, 7) is 2.96. The van der Waals surface area contributed by atoms with Crippen LogP contribution in [0.1, 0.15) is 51.9 Å². The molecular weight excluding hydrogens is 200 g/mol. The average molecular weight is 226 g/mol. The number of hydrogen-bond donors (Lipinski definition) is 1. The van der Waals surface area contributed by atoms with Gasteiger partial charge in [0.1, 0.15) is 0 Å². The van der Waals surface area contributed by atoms with Crippen LogP contribution in [0.3, 0.4) is 0 Å². The Hall–Kier alpha value is -0.0800. The third-order valence-electron chi connectivity index (χ3n) is 4.76. The molecule has 0 saturated heterocycles. The van der Waals surface area contributed by atoms with Crippen molar-refractivity contribution in [2.45, 2.75) is 57.5 Å². The average Bonchev–Trinajstić information content (AvgIpc) is 3.09. The highest BCUT2D eigenvalue weighted by Crippen LogP contribution is 2.48. The van der Waals surface area contributed by atoms with E-state index < -0.39 is 5.60 Å². The van der Waals surface area contributed by atoms with Gasteiger partial charge in [-0.1, -0.05) is 13.3 Å². The minimum atomic E-state index is -0.399. The van der Waals surface area contributed by atoms with Crippen LogP contribution in [0.4, 0.5) is 0 Å². The standard InChI is InChI=1S/C14H26O2/c1-11(7-9-16-2)14(15)8-3-4-13(10-14)12-5-6-12/h11-13,15H,3-10H2,1-2H3. The summed E-state index contributed by atoms with van der Waals surface area (Å²) in [6.07, 6.45) is 8.42. The maximum Gasteiger partial charge on any atom is 0.0676 e. The minimum absolute atomic E-state index is 0.383. The molecule has 0 amide bonds. The molecule has 0 aliphatic heterocycles. The normalized spacial score (nSPS) is 37.3. The molecule has 1 N–H and O–H groups in total. The van der Waals surface area contributed by atoms with Gasteiger partial charge >= 0.3 is 0 Å². The topological polar surface area (TPSA) is 29.5 Å². The van der Waals surface area contributed by atoms with Gasteiger partial charge in [0.15, 0.2) is 0 Å². The van der Waals surface area contributed by atoms with E-state index in [1.165, 1.54) is 25.7 Å². The van der Waals surface area contributed by atoms with Crippen molar-refractivity contribution >= 4 is 0 Å². The SMILES string of the molecule is COCCC(C)C1(O)CCCC(C2CC2)C1. The highest BCUT2D eigenvalue weighted by Gasteiger charge is 2.43. The maximum atomic E-state index is 10.8. The number of rotatable bonds is 5. The lowest BCUT2D eigenvalue weighted by Gasteiger charge is -2.41. The molecule has 2 aliphatic rings. The van der Waals surface area contributed by atoms with E-state index in [0.717, 1.165) is 37.7 Å². The van der Waals surface area contributed by atoms with Gasteiger partial charge in [0.2, 0.25) is 0 Å². The van der Waals surface area contributed by atoms with E-state index >= 15 is 0 Å². The fourth-order valence-electron chi connectivity index (χ4n) is 3.31. The van der Waals surface area contributed by atoms with E-state index in [4.69, 9.17) is 4.74 Å². The lowest BCUT2D eigenvalue weighted by atomic mass is 9.70. The summed E-state index contributed by atoms with van der Waals surface area (Å²) in [4.78, 5) is 0. The summed E-state index contributed by atoms with van der Waals surface area (Å²) in [7, 11) is 1.74. The molecule has 2 fully saturated rings. The molecule has 3 unspecified atom stereocenters. The van der Waals surface area contributed by atoms with Gasteiger partial charge in [-0.15, -0.1) is 0 Å². The van der Waals surface area contributed by atoms with Gasteiger partial charge in [-0.05, 0) is 56.3 Å². The van der Waals surface area contributed by atoms with Crippen LogP contribution in [0.5, 0.6) is 0 Å². The van der Waals surface area contributed by atoms with Gasteiger partial charge in [-0.25, -0.2) is 0 Å². The molecule has 16 heavy (non-hydrogen) atoms. The first-order chi connectivity index (χ1) is 7.65. The van der Waals surface area contributed by atoms with Gasteiger partial charge in [-0.2, -0.15) is 0 Å². The zero-order chi connectivity index (χ0) is 11.6. The molecule has 0 radical (unpaired) electrons. The fourth-order valence-corrected chi connectivity index (χ4v) is 3.31. The van der Waals surface area contributed by atoms with E-state index in [1.54, 1.807) is 7.11 Å². The molecule has 3 atom stereocenters.